The summed E-state index contributed by atoms with van der Waals surface area (Å²) in [4.78, 5) is 12.2. The second-order valence-electron chi connectivity index (χ2n) is 4.25. The van der Waals surface area contributed by atoms with E-state index in [9.17, 15) is 4.79 Å². The third-order valence-electron chi connectivity index (χ3n) is 2.72. The molecule has 1 unspecified atom stereocenters. The van der Waals surface area contributed by atoms with Crippen LogP contribution in [0.3, 0.4) is 0 Å². The van der Waals surface area contributed by atoms with E-state index in [4.69, 9.17) is 22.2 Å². The normalized spacial score (nSPS) is 12.0. The van der Waals surface area contributed by atoms with Gasteiger partial charge in [-0.2, -0.15) is 0 Å². The monoisotopic (exact) mass is 285 g/mol. The first-order valence-corrected chi connectivity index (χ1v) is 6.56. The predicted octanol–water partition coefficient (Wildman–Crippen LogP) is 2.17. The first kappa shape index (κ1) is 15.8. The molecule has 19 heavy (non-hydrogen) atoms. The fourth-order valence-corrected chi connectivity index (χ4v) is 2.01. The number of ether oxygens (including phenoxy) is 1. The molecule has 0 bridgehead atoms. The zero-order valence-corrected chi connectivity index (χ0v) is 12.0. The molecule has 0 aliphatic heterocycles. The van der Waals surface area contributed by atoms with Crippen LogP contribution in [0.4, 0.5) is 5.69 Å². The third kappa shape index (κ3) is 4.70. The van der Waals surface area contributed by atoms with E-state index in [1.807, 2.05) is 0 Å². The van der Waals surface area contributed by atoms with Crippen molar-refractivity contribution in [2.45, 2.75) is 25.8 Å². The minimum absolute atomic E-state index is 0.0212. The van der Waals surface area contributed by atoms with Gasteiger partial charge in [-0.05, 0) is 24.6 Å². The van der Waals surface area contributed by atoms with Crippen molar-refractivity contribution in [3.05, 3.63) is 28.8 Å². The summed E-state index contributed by atoms with van der Waals surface area (Å²) in [5.74, 6) is 5.17. The summed E-state index contributed by atoms with van der Waals surface area (Å²) in [7, 11) is 1.61. The van der Waals surface area contributed by atoms with Crippen LogP contribution >= 0.6 is 11.6 Å². The summed E-state index contributed by atoms with van der Waals surface area (Å²) in [5, 5.41) is 3.41. The van der Waals surface area contributed by atoms with Gasteiger partial charge in [-0.15, -0.1) is 0 Å². The molecule has 0 saturated heterocycles. The molecule has 0 spiro atoms. The quantitative estimate of drug-likeness (QED) is 0.530. The van der Waals surface area contributed by atoms with Crippen LogP contribution in [0.1, 0.15) is 30.1 Å². The van der Waals surface area contributed by atoms with E-state index >= 15 is 0 Å². The van der Waals surface area contributed by atoms with Gasteiger partial charge >= 0.3 is 0 Å². The number of hydrogen-bond donors (Lipinski definition) is 3. The Hall–Kier alpha value is -1.30. The summed E-state index contributed by atoms with van der Waals surface area (Å²) < 4.78 is 5.09. The molecule has 0 aliphatic carbocycles. The molecule has 0 aliphatic rings. The van der Waals surface area contributed by atoms with E-state index in [-0.39, 0.29) is 11.9 Å². The largest absolute Gasteiger partial charge is 0.383 e. The summed E-state index contributed by atoms with van der Waals surface area (Å²) in [6.45, 7) is 2.53. The number of halogens is 1. The molecular formula is C13H20ClN3O2. The molecule has 5 nitrogen and oxygen atoms in total. The van der Waals surface area contributed by atoms with Crippen LogP contribution in [0.15, 0.2) is 18.2 Å². The number of carbonyl (C=O) groups excluding carboxylic acids is 1. The summed E-state index contributed by atoms with van der Waals surface area (Å²) in [6.07, 6.45) is 1.82. The van der Waals surface area contributed by atoms with E-state index in [1.54, 1.807) is 25.3 Å². The summed E-state index contributed by atoms with van der Waals surface area (Å²) in [6, 6.07) is 4.91. The number of hydrogen-bond acceptors (Lipinski definition) is 4. The number of benzene rings is 1. The van der Waals surface area contributed by atoms with Gasteiger partial charge < -0.3 is 15.5 Å². The zero-order valence-electron chi connectivity index (χ0n) is 11.2. The standard InChI is InChI=1S/C13H20ClN3O2/c1-3-4-10(8-19-2)16-13(18)11-7-9(14)5-6-12(11)17-15/h5-7,10,17H,3-4,8,15H2,1-2H3,(H,16,18). The number of methoxy groups -OCH3 is 1. The van der Waals surface area contributed by atoms with Crippen molar-refractivity contribution in [1.29, 1.82) is 0 Å². The molecule has 0 radical (unpaired) electrons. The first-order chi connectivity index (χ1) is 9.12. The van der Waals surface area contributed by atoms with Gasteiger partial charge in [0.15, 0.2) is 0 Å². The molecule has 0 heterocycles. The number of carbonyl (C=O) groups is 1. The van der Waals surface area contributed by atoms with Gasteiger partial charge in [-0.3, -0.25) is 10.6 Å². The fourth-order valence-electron chi connectivity index (χ4n) is 1.84. The lowest BCUT2D eigenvalue weighted by molar-refractivity contribution is 0.0892. The summed E-state index contributed by atoms with van der Waals surface area (Å²) >= 11 is 5.90. The van der Waals surface area contributed by atoms with Gasteiger partial charge in [0, 0.05) is 12.1 Å². The van der Waals surface area contributed by atoms with Crippen LogP contribution < -0.4 is 16.6 Å². The lowest BCUT2D eigenvalue weighted by Gasteiger charge is -2.18. The number of rotatable bonds is 7. The molecule has 1 aromatic carbocycles. The highest BCUT2D eigenvalue weighted by molar-refractivity contribution is 6.31. The van der Waals surface area contributed by atoms with Crippen molar-refractivity contribution in [2.24, 2.45) is 5.84 Å². The Balaban J connectivity index is 2.83. The molecular weight excluding hydrogens is 266 g/mol. The Labute approximate surface area is 118 Å². The molecule has 1 rings (SSSR count). The number of nitrogens with one attached hydrogen (secondary N) is 2. The van der Waals surface area contributed by atoms with Crippen LogP contribution in [0, 0.1) is 0 Å². The van der Waals surface area contributed by atoms with Crippen LogP contribution in [0.25, 0.3) is 0 Å². The lowest BCUT2D eigenvalue weighted by Crippen LogP contribution is -2.38. The highest BCUT2D eigenvalue weighted by Crippen LogP contribution is 2.20. The maximum atomic E-state index is 12.2. The van der Waals surface area contributed by atoms with Gasteiger partial charge in [0.05, 0.1) is 23.9 Å². The van der Waals surface area contributed by atoms with Crippen molar-refractivity contribution in [3.63, 3.8) is 0 Å². The lowest BCUT2D eigenvalue weighted by atomic mass is 10.1. The molecule has 1 aromatic rings. The Morgan fingerprint density at radius 3 is 2.84 bits per heavy atom. The topological polar surface area (TPSA) is 76.4 Å². The molecule has 1 atom stereocenters. The van der Waals surface area contributed by atoms with Crippen LogP contribution in [-0.4, -0.2) is 25.7 Å². The van der Waals surface area contributed by atoms with Crippen molar-refractivity contribution in [1.82, 2.24) is 5.32 Å². The minimum Gasteiger partial charge on any atom is -0.383 e. The maximum Gasteiger partial charge on any atom is 0.253 e. The smallest absolute Gasteiger partial charge is 0.253 e. The second-order valence-corrected chi connectivity index (χ2v) is 4.69. The van der Waals surface area contributed by atoms with E-state index in [1.165, 1.54) is 0 Å². The number of hydrazine groups is 1. The number of nitrogens with two attached hydrogens (primary N) is 1. The Morgan fingerprint density at radius 2 is 2.26 bits per heavy atom. The van der Waals surface area contributed by atoms with Crippen molar-refractivity contribution in [3.8, 4) is 0 Å². The Kier molecular flexibility index (Phi) is 6.62. The molecule has 0 fully saturated rings. The molecule has 106 valence electrons. The molecule has 0 aromatic heterocycles. The Bertz CT molecular complexity index is 420. The van der Waals surface area contributed by atoms with Crippen LogP contribution in [0.5, 0.6) is 0 Å². The van der Waals surface area contributed by atoms with Crippen molar-refractivity contribution >= 4 is 23.2 Å². The highest BCUT2D eigenvalue weighted by Gasteiger charge is 2.16. The van der Waals surface area contributed by atoms with Crippen molar-refractivity contribution < 1.29 is 9.53 Å². The fraction of sp³-hybridized carbons (Fsp3) is 0.462. The van der Waals surface area contributed by atoms with Gasteiger partial charge in [0.25, 0.3) is 5.91 Å². The maximum absolute atomic E-state index is 12.2. The zero-order chi connectivity index (χ0) is 14.3. The number of nitrogen functional groups attached to an aromatic ring is 1. The van der Waals surface area contributed by atoms with Gasteiger partial charge in [0.1, 0.15) is 0 Å². The molecule has 4 N–H and O–H groups in total. The van der Waals surface area contributed by atoms with E-state index in [0.29, 0.717) is 22.9 Å². The molecule has 1 amide bonds. The van der Waals surface area contributed by atoms with Gasteiger partial charge in [-0.25, -0.2) is 0 Å². The van der Waals surface area contributed by atoms with Crippen LogP contribution in [0.2, 0.25) is 5.02 Å². The van der Waals surface area contributed by atoms with Crippen LogP contribution in [-0.2, 0) is 4.74 Å². The minimum atomic E-state index is -0.217. The average Bonchev–Trinajstić information content (AvgIpc) is 2.39. The van der Waals surface area contributed by atoms with E-state index in [2.05, 4.69) is 17.7 Å². The van der Waals surface area contributed by atoms with Crippen molar-refractivity contribution in [2.75, 3.05) is 19.1 Å². The highest BCUT2D eigenvalue weighted by atomic mass is 35.5. The molecule has 6 heteroatoms. The Morgan fingerprint density at radius 1 is 1.53 bits per heavy atom. The summed E-state index contributed by atoms with van der Waals surface area (Å²) in [5.41, 5.74) is 3.45. The van der Waals surface area contributed by atoms with Gasteiger partial charge in [-0.1, -0.05) is 24.9 Å². The molecule has 0 saturated carbocycles. The van der Waals surface area contributed by atoms with Gasteiger partial charge in [0.2, 0.25) is 0 Å². The average molecular weight is 286 g/mol. The first-order valence-electron chi connectivity index (χ1n) is 6.18. The second kappa shape index (κ2) is 7.99. The number of anilines is 1. The van der Waals surface area contributed by atoms with E-state index in [0.717, 1.165) is 12.8 Å². The van der Waals surface area contributed by atoms with E-state index < -0.39 is 0 Å². The third-order valence-corrected chi connectivity index (χ3v) is 2.96. The predicted molar refractivity (Wildman–Crippen MR) is 77.3 cm³/mol. The SMILES string of the molecule is CCCC(COC)NC(=O)c1cc(Cl)ccc1NN. The number of amides is 1.